The highest BCUT2D eigenvalue weighted by Crippen LogP contribution is 2.58. The number of nitrogen functional groups attached to an aromatic ring is 1. The molecule has 0 radical (unpaired) electrons. The van der Waals surface area contributed by atoms with Crippen LogP contribution in [-0.2, 0) is 32.4 Å². The number of aromatic nitrogens is 4. The number of nitrogens with two attached hydrogens (primary N) is 1. The Bertz CT molecular complexity index is 1120. The van der Waals surface area contributed by atoms with E-state index in [-0.39, 0.29) is 50.0 Å². The van der Waals surface area contributed by atoms with Crippen molar-refractivity contribution in [2.75, 3.05) is 25.6 Å². The first-order chi connectivity index (χ1) is 16.5. The molecular weight excluding hydrogens is 485 g/mol. The lowest BCUT2D eigenvalue weighted by Crippen LogP contribution is -2.47. The molecule has 194 valence electrons. The van der Waals surface area contributed by atoms with Gasteiger partial charge in [0.1, 0.15) is 17.8 Å². The van der Waals surface area contributed by atoms with Crippen molar-refractivity contribution in [1.29, 1.82) is 0 Å². The van der Waals surface area contributed by atoms with Crippen molar-refractivity contribution in [3.05, 3.63) is 6.33 Å². The van der Waals surface area contributed by atoms with Gasteiger partial charge in [-0.25, -0.2) is 9.55 Å². The minimum Gasteiger partial charge on any atom is -0.476 e. The molecule has 35 heavy (non-hydrogen) atoms. The summed E-state index contributed by atoms with van der Waals surface area (Å²) in [5, 5.41) is 11.4. The molecule has 0 amide bonds. The second kappa shape index (κ2) is 9.96. The van der Waals surface area contributed by atoms with Crippen LogP contribution in [0.15, 0.2) is 6.33 Å². The Balaban J connectivity index is 1.47. The van der Waals surface area contributed by atoms with Gasteiger partial charge in [-0.05, 0) is 34.1 Å². The highest BCUT2D eigenvalue weighted by molar-refractivity contribution is 7.48. The van der Waals surface area contributed by atoms with Crippen LogP contribution < -0.4 is 10.5 Å². The molecule has 0 spiro atoms. The van der Waals surface area contributed by atoms with Gasteiger partial charge in [0, 0.05) is 6.42 Å². The smallest absolute Gasteiger partial charge is 0.475 e. The first-order valence-electron chi connectivity index (χ1n) is 11.3. The van der Waals surface area contributed by atoms with Crippen molar-refractivity contribution < 1.29 is 42.2 Å². The molecule has 2 aromatic rings. The fourth-order valence-electron chi connectivity index (χ4n) is 3.97. The van der Waals surface area contributed by atoms with Crippen LogP contribution in [0.2, 0.25) is 0 Å². The van der Waals surface area contributed by atoms with Crippen molar-refractivity contribution in [2.24, 2.45) is 0 Å². The van der Waals surface area contributed by atoms with E-state index in [1.165, 1.54) is 17.8 Å². The lowest BCUT2D eigenvalue weighted by Gasteiger charge is -2.35. The number of ether oxygens (including phenoxy) is 3. The van der Waals surface area contributed by atoms with Gasteiger partial charge in [-0.15, -0.1) is 0 Å². The summed E-state index contributed by atoms with van der Waals surface area (Å²) in [6.07, 6.45) is -1.25. The summed E-state index contributed by atoms with van der Waals surface area (Å²) >= 11 is 0. The minimum atomic E-state index is -4.01. The van der Waals surface area contributed by atoms with Crippen molar-refractivity contribution in [3.63, 3.8) is 0 Å². The van der Waals surface area contributed by atoms with Crippen LogP contribution in [0.1, 0.15) is 46.8 Å². The number of hydrogen-bond acceptors (Lipinski definition) is 13. The van der Waals surface area contributed by atoms with Crippen LogP contribution >= 0.6 is 7.82 Å². The summed E-state index contributed by atoms with van der Waals surface area (Å²) in [6.45, 7) is 6.93. The van der Waals surface area contributed by atoms with Gasteiger partial charge in [0.25, 0.3) is 0 Å². The van der Waals surface area contributed by atoms with E-state index >= 15 is 0 Å². The van der Waals surface area contributed by atoms with Gasteiger partial charge in [0.05, 0.1) is 32.3 Å². The Morgan fingerprint density at radius 1 is 1.43 bits per heavy atom. The van der Waals surface area contributed by atoms with Gasteiger partial charge >= 0.3 is 13.8 Å². The van der Waals surface area contributed by atoms with E-state index in [9.17, 15) is 14.5 Å². The van der Waals surface area contributed by atoms with Crippen LogP contribution in [0.5, 0.6) is 5.88 Å². The Kier molecular flexibility index (Phi) is 7.32. The molecule has 0 aliphatic carbocycles. The third kappa shape index (κ3) is 5.27. The third-order valence-corrected chi connectivity index (χ3v) is 6.89. The first kappa shape index (κ1) is 25.7. The molecule has 15 heteroatoms. The molecule has 4 rings (SSSR count). The predicted octanol–water partition coefficient (Wildman–Crippen LogP) is 1.73. The van der Waals surface area contributed by atoms with E-state index < -0.39 is 31.9 Å². The number of phosphoric acid groups is 1. The van der Waals surface area contributed by atoms with E-state index in [1.807, 2.05) is 0 Å². The maximum atomic E-state index is 13.0. The Hall–Kier alpha value is -2.35. The van der Waals surface area contributed by atoms with E-state index in [4.69, 9.17) is 33.5 Å². The zero-order valence-corrected chi connectivity index (χ0v) is 20.8. The summed E-state index contributed by atoms with van der Waals surface area (Å²) < 4.78 is 47.4. The van der Waals surface area contributed by atoms with Crippen molar-refractivity contribution in [2.45, 2.75) is 70.7 Å². The lowest BCUT2D eigenvalue weighted by atomic mass is 9.96. The van der Waals surface area contributed by atoms with E-state index in [0.29, 0.717) is 17.8 Å². The highest BCUT2D eigenvalue weighted by atomic mass is 31.2. The van der Waals surface area contributed by atoms with Crippen molar-refractivity contribution in [3.8, 4) is 5.88 Å². The van der Waals surface area contributed by atoms with Crippen LogP contribution in [0, 0.1) is 0 Å². The number of anilines is 1. The van der Waals surface area contributed by atoms with Gasteiger partial charge in [0.2, 0.25) is 11.8 Å². The summed E-state index contributed by atoms with van der Waals surface area (Å²) in [5.41, 5.74) is 4.79. The minimum absolute atomic E-state index is 0.0347. The predicted molar refractivity (Wildman–Crippen MR) is 120 cm³/mol. The molecule has 0 bridgehead atoms. The number of rotatable bonds is 9. The number of nitrogens with zero attached hydrogens (tertiary/aromatic N) is 4. The van der Waals surface area contributed by atoms with E-state index in [2.05, 4.69) is 15.0 Å². The maximum Gasteiger partial charge on any atom is 0.475 e. The molecule has 2 aliphatic heterocycles. The number of imidazole rings is 1. The third-order valence-electron chi connectivity index (χ3n) is 5.44. The average Bonchev–Trinajstić information content (AvgIpc) is 3.29. The number of esters is 1. The Morgan fingerprint density at radius 3 is 2.91 bits per heavy atom. The molecule has 4 heterocycles. The zero-order chi connectivity index (χ0) is 25.4. The largest absolute Gasteiger partial charge is 0.476 e. The fraction of sp³-hybridized carbons (Fsp3) is 0.700. The normalized spacial score (nSPS) is 30.5. The first-order valence-corrected chi connectivity index (χ1v) is 12.8. The van der Waals surface area contributed by atoms with Gasteiger partial charge < -0.3 is 25.1 Å². The molecule has 0 saturated carbocycles. The topological polar surface area (TPSA) is 179 Å². The second-order valence-electron chi connectivity index (χ2n) is 8.64. The molecule has 2 saturated heterocycles. The quantitative estimate of drug-likeness (QED) is 0.280. The second-order valence-corrected chi connectivity index (χ2v) is 10.3. The highest BCUT2D eigenvalue weighted by Gasteiger charge is 2.60. The van der Waals surface area contributed by atoms with Gasteiger partial charge in [-0.2, -0.15) is 9.97 Å². The van der Waals surface area contributed by atoms with Crippen LogP contribution in [0.3, 0.4) is 0 Å². The van der Waals surface area contributed by atoms with Gasteiger partial charge in [-0.3, -0.25) is 22.9 Å². The number of hydrogen-bond donors (Lipinski definition) is 2. The SMILES string of the molecule is CCOc1nc(N)nc2c1ncn2[C@@H]1O[C@@H]2CO[P@](=O)(OCCCC(=O)OC(C)C)O[C@H]2[C@@]1(C)O. The van der Waals surface area contributed by atoms with Crippen molar-refractivity contribution >= 4 is 30.9 Å². The van der Waals surface area contributed by atoms with Crippen LogP contribution in [0.4, 0.5) is 5.95 Å². The van der Waals surface area contributed by atoms with Crippen LogP contribution in [-0.4, -0.2) is 74.3 Å². The summed E-state index contributed by atoms with van der Waals surface area (Å²) in [5.74, 6) is -0.210. The summed E-state index contributed by atoms with van der Waals surface area (Å²) in [6, 6.07) is 0. The molecule has 2 fully saturated rings. The van der Waals surface area contributed by atoms with Gasteiger partial charge in [-0.1, -0.05) is 0 Å². The monoisotopic (exact) mass is 515 g/mol. The summed E-state index contributed by atoms with van der Waals surface area (Å²) in [4.78, 5) is 24.2. The Morgan fingerprint density at radius 2 is 2.20 bits per heavy atom. The lowest BCUT2D eigenvalue weighted by molar-refractivity contribution is -0.147. The van der Waals surface area contributed by atoms with Crippen LogP contribution in [0.25, 0.3) is 11.2 Å². The molecule has 0 aromatic carbocycles. The molecule has 0 unspecified atom stereocenters. The molecule has 3 N–H and O–H groups in total. The maximum absolute atomic E-state index is 13.0. The van der Waals surface area contributed by atoms with E-state index in [1.54, 1.807) is 20.8 Å². The fourth-order valence-corrected chi connectivity index (χ4v) is 5.48. The molecule has 14 nitrogen and oxygen atoms in total. The molecular formula is C20H30N5O9P. The standard InChI is InChI=1S/C20H30N5O9P/c1-5-29-17-14-16(23-19(21)24-17)25(10-22-14)18-20(4,27)15-12(33-18)9-31-35(28,34-15)30-8-6-7-13(26)32-11(2)3/h10-12,15,18,27H,5-9H2,1-4H3,(H2,21,23,24)/t12-,15-,18-,20-,35+/m1/s1. The number of carbonyl (C=O) groups excluding carboxylic acids is 1. The molecule has 2 aromatic heterocycles. The van der Waals surface area contributed by atoms with Gasteiger partial charge in [0.15, 0.2) is 17.4 Å². The molecule has 2 aliphatic rings. The molecule has 5 atom stereocenters. The van der Waals surface area contributed by atoms with E-state index in [0.717, 1.165) is 0 Å². The number of phosphoric ester groups is 1. The zero-order valence-electron chi connectivity index (χ0n) is 19.9. The number of carbonyl (C=O) groups is 1. The number of fused-ring (bicyclic) bond motifs is 2. The summed E-state index contributed by atoms with van der Waals surface area (Å²) in [7, 11) is -4.01. The Labute approximate surface area is 201 Å². The van der Waals surface area contributed by atoms with Crippen molar-refractivity contribution in [1.82, 2.24) is 19.5 Å². The number of aliphatic hydroxyl groups is 1. The average molecular weight is 515 g/mol.